The number of rotatable bonds is 4. The third-order valence-corrected chi connectivity index (χ3v) is 3.68. The Labute approximate surface area is 117 Å². The lowest BCUT2D eigenvalue weighted by Gasteiger charge is -2.14. The summed E-state index contributed by atoms with van der Waals surface area (Å²) in [5.41, 5.74) is -0.229. The maximum atomic E-state index is 12.3. The van der Waals surface area contributed by atoms with Gasteiger partial charge in [0.15, 0.2) is 5.56 Å². The molecule has 0 heterocycles. The van der Waals surface area contributed by atoms with E-state index in [0.29, 0.717) is 5.92 Å². The fourth-order valence-electron chi connectivity index (χ4n) is 2.67. The second-order valence-corrected chi connectivity index (χ2v) is 5.20. The normalized spacial score (nSPS) is 21.5. The molecule has 2 atom stereocenters. The molecular formula is C14H18N2O4. The third kappa shape index (κ3) is 2.89. The number of nitro benzene ring substituents is 1. The van der Waals surface area contributed by atoms with Crippen LogP contribution in [-0.2, 0) is 0 Å². The number of carbonyl (C=O) groups excluding carboxylic acids is 1. The molecule has 2 rings (SSSR count). The molecule has 20 heavy (non-hydrogen) atoms. The highest BCUT2D eigenvalue weighted by molar-refractivity contribution is 6.01. The van der Waals surface area contributed by atoms with E-state index in [0.717, 1.165) is 19.3 Å². The van der Waals surface area contributed by atoms with Gasteiger partial charge < -0.3 is 10.1 Å². The van der Waals surface area contributed by atoms with Crippen molar-refractivity contribution in [1.29, 1.82) is 0 Å². The molecule has 0 saturated heterocycles. The van der Waals surface area contributed by atoms with Gasteiger partial charge in [0.2, 0.25) is 0 Å². The van der Waals surface area contributed by atoms with Crippen molar-refractivity contribution in [3.63, 3.8) is 0 Å². The van der Waals surface area contributed by atoms with E-state index in [-0.39, 0.29) is 23.0 Å². The third-order valence-electron chi connectivity index (χ3n) is 3.68. The molecule has 1 aliphatic carbocycles. The zero-order valence-corrected chi connectivity index (χ0v) is 11.6. The van der Waals surface area contributed by atoms with Crippen LogP contribution in [0.1, 0.15) is 36.5 Å². The van der Waals surface area contributed by atoms with Gasteiger partial charge in [-0.1, -0.05) is 13.0 Å². The van der Waals surface area contributed by atoms with Crippen LogP contribution in [0.15, 0.2) is 18.2 Å². The average Bonchev–Trinajstić information content (AvgIpc) is 2.82. The number of carbonyl (C=O) groups is 1. The molecule has 0 spiro atoms. The minimum absolute atomic E-state index is 0.000414. The number of benzene rings is 1. The van der Waals surface area contributed by atoms with Gasteiger partial charge in [0.25, 0.3) is 11.6 Å². The Hall–Kier alpha value is -2.11. The number of amides is 1. The standard InChI is InChI=1S/C14H18N2O4/c1-9-6-7-10(8-9)15-14(17)13-11(16(18)19)4-3-5-12(13)20-2/h3-5,9-10H,6-8H2,1-2H3,(H,15,17). The molecule has 1 aromatic rings. The van der Waals surface area contributed by atoms with Crippen LogP contribution in [0.3, 0.4) is 0 Å². The number of nitrogens with one attached hydrogen (secondary N) is 1. The van der Waals surface area contributed by atoms with Gasteiger partial charge in [-0.3, -0.25) is 14.9 Å². The summed E-state index contributed by atoms with van der Waals surface area (Å²) in [5, 5.41) is 13.9. The molecule has 0 aromatic heterocycles. The van der Waals surface area contributed by atoms with Gasteiger partial charge in [-0.05, 0) is 31.2 Å². The van der Waals surface area contributed by atoms with Crippen LogP contribution in [0.4, 0.5) is 5.69 Å². The van der Waals surface area contributed by atoms with Crippen LogP contribution < -0.4 is 10.1 Å². The predicted molar refractivity (Wildman–Crippen MR) is 73.9 cm³/mol. The van der Waals surface area contributed by atoms with Crippen molar-refractivity contribution >= 4 is 11.6 Å². The maximum Gasteiger partial charge on any atom is 0.285 e. The number of hydrogen-bond acceptors (Lipinski definition) is 4. The number of methoxy groups -OCH3 is 1. The second-order valence-electron chi connectivity index (χ2n) is 5.20. The summed E-state index contributed by atoms with van der Waals surface area (Å²) in [4.78, 5) is 22.8. The van der Waals surface area contributed by atoms with Crippen molar-refractivity contribution in [2.45, 2.75) is 32.2 Å². The van der Waals surface area contributed by atoms with E-state index in [1.165, 1.54) is 19.2 Å². The fraction of sp³-hybridized carbons (Fsp3) is 0.500. The SMILES string of the molecule is COc1cccc([N+](=O)[O-])c1C(=O)NC1CCC(C)C1. The lowest BCUT2D eigenvalue weighted by atomic mass is 10.1. The van der Waals surface area contributed by atoms with E-state index >= 15 is 0 Å². The highest BCUT2D eigenvalue weighted by atomic mass is 16.6. The molecule has 2 unspecified atom stereocenters. The minimum atomic E-state index is -0.561. The van der Waals surface area contributed by atoms with E-state index in [4.69, 9.17) is 4.74 Å². The molecule has 0 radical (unpaired) electrons. The Morgan fingerprint density at radius 1 is 1.45 bits per heavy atom. The average molecular weight is 278 g/mol. The van der Waals surface area contributed by atoms with Gasteiger partial charge in [-0.2, -0.15) is 0 Å². The van der Waals surface area contributed by atoms with Gasteiger partial charge in [0.05, 0.1) is 12.0 Å². The Balaban J connectivity index is 2.26. The lowest BCUT2D eigenvalue weighted by Crippen LogP contribution is -2.33. The molecule has 1 fully saturated rings. The first-order chi connectivity index (χ1) is 9.52. The van der Waals surface area contributed by atoms with Crippen molar-refractivity contribution in [1.82, 2.24) is 5.32 Å². The molecule has 1 N–H and O–H groups in total. The molecule has 1 aliphatic rings. The van der Waals surface area contributed by atoms with Crippen LogP contribution in [0, 0.1) is 16.0 Å². The molecule has 0 bridgehead atoms. The van der Waals surface area contributed by atoms with Crippen LogP contribution in [0.25, 0.3) is 0 Å². The molecule has 6 nitrogen and oxygen atoms in total. The van der Waals surface area contributed by atoms with E-state index < -0.39 is 10.8 Å². The summed E-state index contributed by atoms with van der Waals surface area (Å²) in [6.07, 6.45) is 2.89. The van der Waals surface area contributed by atoms with E-state index in [1.54, 1.807) is 6.07 Å². The Bertz CT molecular complexity index is 530. The number of nitrogens with zero attached hydrogens (tertiary/aromatic N) is 1. The topological polar surface area (TPSA) is 81.5 Å². The number of hydrogen-bond donors (Lipinski definition) is 1. The van der Waals surface area contributed by atoms with Crippen molar-refractivity contribution in [3.05, 3.63) is 33.9 Å². The van der Waals surface area contributed by atoms with Crippen molar-refractivity contribution in [2.24, 2.45) is 5.92 Å². The first kappa shape index (κ1) is 14.3. The van der Waals surface area contributed by atoms with Crippen molar-refractivity contribution in [2.75, 3.05) is 7.11 Å². The number of ether oxygens (including phenoxy) is 1. The van der Waals surface area contributed by atoms with Gasteiger partial charge in [-0.25, -0.2) is 0 Å². The monoisotopic (exact) mass is 278 g/mol. The lowest BCUT2D eigenvalue weighted by molar-refractivity contribution is -0.385. The minimum Gasteiger partial charge on any atom is -0.496 e. The van der Waals surface area contributed by atoms with Gasteiger partial charge in [0.1, 0.15) is 5.75 Å². The second kappa shape index (κ2) is 5.90. The molecule has 108 valence electrons. The van der Waals surface area contributed by atoms with Gasteiger partial charge in [0, 0.05) is 12.1 Å². The van der Waals surface area contributed by atoms with Crippen LogP contribution in [0.2, 0.25) is 0 Å². The summed E-state index contributed by atoms with van der Waals surface area (Å²) in [6, 6.07) is 4.46. The van der Waals surface area contributed by atoms with Gasteiger partial charge >= 0.3 is 0 Å². The zero-order chi connectivity index (χ0) is 14.7. The summed E-state index contributed by atoms with van der Waals surface area (Å²) < 4.78 is 5.08. The number of nitro groups is 1. The molecule has 1 amide bonds. The molecule has 1 aromatic carbocycles. The molecule has 1 saturated carbocycles. The van der Waals surface area contributed by atoms with Crippen LogP contribution in [0.5, 0.6) is 5.75 Å². The van der Waals surface area contributed by atoms with Crippen molar-refractivity contribution < 1.29 is 14.5 Å². The summed E-state index contributed by atoms with van der Waals surface area (Å²) in [6.45, 7) is 2.14. The molecule has 0 aliphatic heterocycles. The summed E-state index contributed by atoms with van der Waals surface area (Å²) in [5.74, 6) is 0.365. The molecular weight excluding hydrogens is 260 g/mol. The zero-order valence-electron chi connectivity index (χ0n) is 11.6. The smallest absolute Gasteiger partial charge is 0.285 e. The van der Waals surface area contributed by atoms with Gasteiger partial charge in [-0.15, -0.1) is 0 Å². The Morgan fingerprint density at radius 2 is 2.20 bits per heavy atom. The van der Waals surface area contributed by atoms with Crippen LogP contribution >= 0.6 is 0 Å². The fourth-order valence-corrected chi connectivity index (χ4v) is 2.67. The quantitative estimate of drug-likeness (QED) is 0.677. The maximum absolute atomic E-state index is 12.3. The Kier molecular flexibility index (Phi) is 4.22. The Morgan fingerprint density at radius 3 is 2.75 bits per heavy atom. The highest BCUT2D eigenvalue weighted by Gasteiger charge is 2.28. The highest BCUT2D eigenvalue weighted by Crippen LogP contribution is 2.30. The van der Waals surface area contributed by atoms with E-state index in [2.05, 4.69) is 12.2 Å². The van der Waals surface area contributed by atoms with Crippen LogP contribution in [-0.4, -0.2) is 24.0 Å². The largest absolute Gasteiger partial charge is 0.496 e. The summed E-state index contributed by atoms with van der Waals surface area (Å²) in [7, 11) is 1.40. The predicted octanol–water partition coefficient (Wildman–Crippen LogP) is 2.52. The van der Waals surface area contributed by atoms with Crippen molar-refractivity contribution in [3.8, 4) is 5.75 Å². The first-order valence-corrected chi connectivity index (χ1v) is 6.65. The van der Waals surface area contributed by atoms with E-state index in [1.807, 2.05) is 0 Å². The van der Waals surface area contributed by atoms with E-state index in [9.17, 15) is 14.9 Å². The molecule has 6 heteroatoms. The summed E-state index contributed by atoms with van der Waals surface area (Å²) >= 11 is 0. The first-order valence-electron chi connectivity index (χ1n) is 6.65.